The molecule has 0 aliphatic heterocycles. The summed E-state index contributed by atoms with van der Waals surface area (Å²) >= 11 is 5.39. The van der Waals surface area contributed by atoms with Crippen molar-refractivity contribution < 1.29 is 9.47 Å². The Morgan fingerprint density at radius 2 is 2.15 bits per heavy atom. The molecule has 1 aromatic carbocycles. The summed E-state index contributed by atoms with van der Waals surface area (Å²) in [4.78, 5) is 0. The van der Waals surface area contributed by atoms with E-state index in [0.29, 0.717) is 6.61 Å². The predicted octanol–water partition coefficient (Wildman–Crippen LogP) is 3.87. The van der Waals surface area contributed by atoms with E-state index in [1.807, 2.05) is 17.8 Å². The second kappa shape index (κ2) is 9.53. The first-order valence-corrected chi connectivity index (χ1v) is 9.04. The summed E-state index contributed by atoms with van der Waals surface area (Å²) in [6, 6.07) is 4.27. The summed E-state index contributed by atoms with van der Waals surface area (Å²) in [5, 5.41) is 0. The molecular formula is C15H24BrNO2S. The van der Waals surface area contributed by atoms with Crippen molar-refractivity contribution >= 4 is 27.7 Å². The van der Waals surface area contributed by atoms with Crippen LogP contribution in [0.5, 0.6) is 11.5 Å². The van der Waals surface area contributed by atoms with Gasteiger partial charge in [0.1, 0.15) is 0 Å². The first kappa shape index (κ1) is 17.7. The molecule has 0 saturated heterocycles. The standard InChI is InChI=1S/C15H24BrNO2S/c1-4-12(17)8-11-9-13(16)15(14(10-11)18-2)19-6-5-7-20-3/h9-10,12H,4-8,17H2,1-3H3. The zero-order chi connectivity index (χ0) is 15.0. The van der Waals surface area contributed by atoms with Crippen molar-refractivity contribution in [3.05, 3.63) is 22.2 Å². The van der Waals surface area contributed by atoms with E-state index in [9.17, 15) is 0 Å². The maximum absolute atomic E-state index is 6.01. The zero-order valence-electron chi connectivity index (χ0n) is 12.4. The number of benzene rings is 1. The first-order valence-electron chi connectivity index (χ1n) is 6.86. The molecule has 1 atom stereocenters. The summed E-state index contributed by atoms with van der Waals surface area (Å²) in [6.45, 7) is 2.80. The second-order valence-corrected chi connectivity index (χ2v) is 6.52. The van der Waals surface area contributed by atoms with Gasteiger partial charge in [0.25, 0.3) is 0 Å². The Hall–Kier alpha value is -0.390. The fraction of sp³-hybridized carbons (Fsp3) is 0.600. The SMILES string of the molecule is CCC(N)Cc1cc(Br)c(OCCCSC)c(OC)c1. The Labute approximate surface area is 134 Å². The number of rotatable bonds is 9. The minimum Gasteiger partial charge on any atom is -0.493 e. The van der Waals surface area contributed by atoms with Crippen LogP contribution in [0.1, 0.15) is 25.3 Å². The molecule has 0 radical (unpaired) electrons. The third kappa shape index (κ3) is 5.54. The van der Waals surface area contributed by atoms with Crippen LogP contribution in [-0.4, -0.2) is 31.8 Å². The van der Waals surface area contributed by atoms with Gasteiger partial charge in [0.05, 0.1) is 18.2 Å². The van der Waals surface area contributed by atoms with Crippen LogP contribution >= 0.6 is 27.7 Å². The van der Waals surface area contributed by atoms with Gasteiger partial charge >= 0.3 is 0 Å². The van der Waals surface area contributed by atoms with E-state index in [2.05, 4.69) is 35.2 Å². The summed E-state index contributed by atoms with van der Waals surface area (Å²) in [5.74, 6) is 2.65. The van der Waals surface area contributed by atoms with Crippen molar-refractivity contribution in [2.75, 3.05) is 25.7 Å². The molecule has 0 amide bonds. The third-order valence-electron chi connectivity index (χ3n) is 3.05. The van der Waals surface area contributed by atoms with E-state index in [1.165, 1.54) is 5.56 Å². The molecule has 2 N–H and O–H groups in total. The van der Waals surface area contributed by atoms with E-state index in [0.717, 1.165) is 41.0 Å². The Bertz CT molecular complexity index is 415. The second-order valence-electron chi connectivity index (χ2n) is 4.68. The van der Waals surface area contributed by atoms with Crippen molar-refractivity contribution in [1.82, 2.24) is 0 Å². The molecule has 1 rings (SSSR count). The Kier molecular flexibility index (Phi) is 8.41. The fourth-order valence-electron chi connectivity index (χ4n) is 1.86. The van der Waals surface area contributed by atoms with E-state index in [4.69, 9.17) is 15.2 Å². The van der Waals surface area contributed by atoms with Crippen molar-refractivity contribution in [2.45, 2.75) is 32.2 Å². The highest BCUT2D eigenvalue weighted by Gasteiger charge is 2.13. The molecule has 0 aromatic heterocycles. The Morgan fingerprint density at radius 3 is 2.75 bits per heavy atom. The van der Waals surface area contributed by atoms with E-state index in [-0.39, 0.29) is 6.04 Å². The molecule has 1 aromatic rings. The zero-order valence-corrected chi connectivity index (χ0v) is 14.9. The topological polar surface area (TPSA) is 44.5 Å². The van der Waals surface area contributed by atoms with Gasteiger partial charge < -0.3 is 15.2 Å². The molecule has 114 valence electrons. The average Bonchev–Trinajstić information content (AvgIpc) is 2.44. The Morgan fingerprint density at radius 1 is 1.40 bits per heavy atom. The molecule has 3 nitrogen and oxygen atoms in total. The van der Waals surface area contributed by atoms with Crippen LogP contribution in [0, 0.1) is 0 Å². The highest BCUT2D eigenvalue weighted by Crippen LogP contribution is 2.37. The molecule has 5 heteroatoms. The fourth-order valence-corrected chi connectivity index (χ4v) is 2.87. The van der Waals surface area contributed by atoms with Gasteiger partial charge in [-0.15, -0.1) is 0 Å². The number of thioether (sulfide) groups is 1. The average molecular weight is 362 g/mol. The van der Waals surface area contributed by atoms with E-state index >= 15 is 0 Å². The molecule has 0 heterocycles. The van der Waals surface area contributed by atoms with Crippen LogP contribution in [0.4, 0.5) is 0 Å². The maximum atomic E-state index is 6.01. The summed E-state index contributed by atoms with van der Waals surface area (Å²) in [6.07, 6.45) is 4.94. The molecule has 0 aliphatic rings. The largest absolute Gasteiger partial charge is 0.493 e. The van der Waals surface area contributed by atoms with Crippen molar-refractivity contribution in [3.8, 4) is 11.5 Å². The highest BCUT2D eigenvalue weighted by atomic mass is 79.9. The molecule has 0 saturated carbocycles. The van der Waals surface area contributed by atoms with Crippen LogP contribution in [0.2, 0.25) is 0 Å². The number of nitrogens with two attached hydrogens (primary N) is 1. The van der Waals surface area contributed by atoms with Gasteiger partial charge in [-0.25, -0.2) is 0 Å². The third-order valence-corrected chi connectivity index (χ3v) is 4.34. The molecule has 0 aliphatic carbocycles. The van der Waals surface area contributed by atoms with Crippen LogP contribution in [0.15, 0.2) is 16.6 Å². The van der Waals surface area contributed by atoms with Gasteiger partial charge in [0.15, 0.2) is 11.5 Å². The number of halogens is 1. The van der Waals surface area contributed by atoms with Gasteiger partial charge in [0.2, 0.25) is 0 Å². The number of hydrogen-bond donors (Lipinski definition) is 1. The van der Waals surface area contributed by atoms with Crippen LogP contribution in [0.25, 0.3) is 0 Å². The summed E-state index contributed by atoms with van der Waals surface area (Å²) in [5.41, 5.74) is 7.17. The lowest BCUT2D eigenvalue weighted by Crippen LogP contribution is -2.21. The molecule has 1 unspecified atom stereocenters. The lowest BCUT2D eigenvalue weighted by atomic mass is 10.0. The molecule has 0 bridgehead atoms. The van der Waals surface area contributed by atoms with Gasteiger partial charge in [-0.3, -0.25) is 0 Å². The Balaban J connectivity index is 2.79. The molecule has 20 heavy (non-hydrogen) atoms. The monoisotopic (exact) mass is 361 g/mol. The first-order chi connectivity index (χ1) is 9.62. The lowest BCUT2D eigenvalue weighted by Gasteiger charge is -2.15. The normalized spacial score (nSPS) is 12.2. The van der Waals surface area contributed by atoms with E-state index < -0.39 is 0 Å². The molecule has 0 fully saturated rings. The number of methoxy groups -OCH3 is 1. The van der Waals surface area contributed by atoms with Gasteiger partial charge in [-0.1, -0.05) is 6.92 Å². The minimum absolute atomic E-state index is 0.181. The maximum Gasteiger partial charge on any atom is 0.175 e. The molecular weight excluding hydrogens is 338 g/mol. The van der Waals surface area contributed by atoms with Crippen LogP contribution < -0.4 is 15.2 Å². The summed E-state index contributed by atoms with van der Waals surface area (Å²) < 4.78 is 12.2. The van der Waals surface area contributed by atoms with Crippen LogP contribution in [-0.2, 0) is 6.42 Å². The van der Waals surface area contributed by atoms with Gasteiger partial charge in [-0.2, -0.15) is 11.8 Å². The van der Waals surface area contributed by atoms with Gasteiger partial charge in [0, 0.05) is 6.04 Å². The number of ether oxygens (including phenoxy) is 2. The van der Waals surface area contributed by atoms with Gasteiger partial charge in [-0.05, 0) is 64.9 Å². The quantitative estimate of drug-likeness (QED) is 0.678. The molecule has 0 spiro atoms. The lowest BCUT2D eigenvalue weighted by molar-refractivity contribution is 0.293. The highest BCUT2D eigenvalue weighted by molar-refractivity contribution is 9.10. The van der Waals surface area contributed by atoms with Crippen molar-refractivity contribution in [1.29, 1.82) is 0 Å². The minimum atomic E-state index is 0.181. The van der Waals surface area contributed by atoms with Crippen LogP contribution in [0.3, 0.4) is 0 Å². The predicted molar refractivity (Wildman–Crippen MR) is 91.2 cm³/mol. The smallest absolute Gasteiger partial charge is 0.175 e. The summed E-state index contributed by atoms with van der Waals surface area (Å²) in [7, 11) is 1.67. The van der Waals surface area contributed by atoms with E-state index in [1.54, 1.807) is 7.11 Å². The number of hydrogen-bond acceptors (Lipinski definition) is 4. The van der Waals surface area contributed by atoms with Crippen molar-refractivity contribution in [2.24, 2.45) is 5.73 Å². The van der Waals surface area contributed by atoms with Crippen molar-refractivity contribution in [3.63, 3.8) is 0 Å².